The third kappa shape index (κ3) is 2.24. The van der Waals surface area contributed by atoms with Gasteiger partial charge in [-0.1, -0.05) is 29.8 Å². The molecule has 0 N–H and O–H groups in total. The molecule has 20 heavy (non-hydrogen) atoms. The molecule has 1 aromatic heterocycles. The molecule has 3 nitrogen and oxygen atoms in total. The summed E-state index contributed by atoms with van der Waals surface area (Å²) in [6.07, 6.45) is 1.74. The second kappa shape index (κ2) is 5.06. The van der Waals surface area contributed by atoms with E-state index < -0.39 is 10.0 Å². The number of fused-ring (bicyclic) bond motifs is 1. The van der Waals surface area contributed by atoms with Gasteiger partial charge in [-0.25, -0.2) is 8.42 Å². The Morgan fingerprint density at radius 3 is 2.70 bits per heavy atom. The lowest BCUT2D eigenvalue weighted by molar-refractivity contribution is 0.565. The average molecular weight is 328 g/mol. The third-order valence-electron chi connectivity index (χ3n) is 3.52. The molecule has 0 spiro atoms. The lowest BCUT2D eigenvalue weighted by atomic mass is 9.99. The number of thiophene rings is 1. The van der Waals surface area contributed by atoms with E-state index in [1.807, 2.05) is 31.2 Å². The summed E-state index contributed by atoms with van der Waals surface area (Å²) >= 11 is 6.98. The van der Waals surface area contributed by atoms with Crippen molar-refractivity contribution in [2.24, 2.45) is 0 Å². The van der Waals surface area contributed by atoms with E-state index in [2.05, 4.69) is 0 Å². The number of halogens is 1. The molecule has 0 saturated carbocycles. The van der Waals surface area contributed by atoms with E-state index in [9.17, 15) is 8.42 Å². The van der Waals surface area contributed by atoms with Gasteiger partial charge in [-0.05, 0) is 43.5 Å². The fourth-order valence-electron chi connectivity index (χ4n) is 2.56. The van der Waals surface area contributed by atoms with E-state index in [0.29, 0.717) is 8.55 Å². The Labute approximate surface area is 127 Å². The predicted molar refractivity (Wildman–Crippen MR) is 83.2 cm³/mol. The number of nitrogens with zero attached hydrogens (tertiary/aromatic N) is 1. The maximum absolute atomic E-state index is 12.9. The van der Waals surface area contributed by atoms with Gasteiger partial charge in [0.15, 0.2) is 0 Å². The molecule has 1 aliphatic rings. The van der Waals surface area contributed by atoms with Crippen molar-refractivity contribution < 1.29 is 8.42 Å². The van der Waals surface area contributed by atoms with Crippen LogP contribution in [0.5, 0.6) is 0 Å². The lowest BCUT2D eigenvalue weighted by Crippen LogP contribution is -2.41. The first kappa shape index (κ1) is 13.9. The number of rotatable bonds is 2. The molecule has 0 radical (unpaired) electrons. The zero-order chi connectivity index (χ0) is 14.3. The highest BCUT2D eigenvalue weighted by atomic mass is 35.5. The summed E-state index contributed by atoms with van der Waals surface area (Å²) in [6.45, 7) is 1.95. The SMILES string of the molecule is C[C@H]1CCc2ccccc2N1S(=O)(=O)c1ccc(Cl)s1. The molecule has 1 aliphatic heterocycles. The Morgan fingerprint density at radius 2 is 2.00 bits per heavy atom. The molecule has 0 aliphatic carbocycles. The van der Waals surface area contributed by atoms with Gasteiger partial charge >= 0.3 is 0 Å². The van der Waals surface area contributed by atoms with Gasteiger partial charge in [0.2, 0.25) is 0 Å². The molecule has 0 bridgehead atoms. The van der Waals surface area contributed by atoms with Crippen molar-refractivity contribution in [1.29, 1.82) is 0 Å². The monoisotopic (exact) mass is 327 g/mol. The molecule has 1 aromatic carbocycles. The van der Waals surface area contributed by atoms with Crippen molar-refractivity contribution in [2.45, 2.75) is 30.0 Å². The van der Waals surface area contributed by atoms with Crippen LogP contribution < -0.4 is 4.31 Å². The number of benzene rings is 1. The molecule has 2 aromatic rings. The van der Waals surface area contributed by atoms with Crippen LogP contribution in [0.2, 0.25) is 4.34 Å². The van der Waals surface area contributed by atoms with Crippen LogP contribution in [0, 0.1) is 0 Å². The number of aryl methyl sites for hydroxylation is 1. The molecule has 0 unspecified atom stereocenters. The minimum absolute atomic E-state index is 0.0456. The normalized spacial score (nSPS) is 18.9. The highest BCUT2D eigenvalue weighted by Crippen LogP contribution is 2.37. The number of para-hydroxylation sites is 1. The maximum atomic E-state index is 12.9. The Morgan fingerprint density at radius 1 is 1.25 bits per heavy atom. The van der Waals surface area contributed by atoms with Crippen LogP contribution in [-0.2, 0) is 16.4 Å². The topological polar surface area (TPSA) is 37.4 Å². The zero-order valence-electron chi connectivity index (χ0n) is 10.9. The Bertz CT molecular complexity index is 739. The van der Waals surface area contributed by atoms with Crippen molar-refractivity contribution in [3.63, 3.8) is 0 Å². The molecule has 2 heterocycles. The summed E-state index contributed by atoms with van der Waals surface area (Å²) in [4.78, 5) is 0. The fraction of sp³-hybridized carbons (Fsp3) is 0.286. The average Bonchev–Trinajstić information content (AvgIpc) is 2.85. The van der Waals surface area contributed by atoms with Gasteiger partial charge in [0.25, 0.3) is 10.0 Å². The zero-order valence-corrected chi connectivity index (χ0v) is 13.3. The number of anilines is 1. The summed E-state index contributed by atoms with van der Waals surface area (Å²) in [5.74, 6) is 0. The van der Waals surface area contributed by atoms with Crippen LogP contribution in [0.4, 0.5) is 5.69 Å². The van der Waals surface area contributed by atoms with Gasteiger partial charge in [0, 0.05) is 6.04 Å². The van der Waals surface area contributed by atoms with Gasteiger partial charge in [-0.3, -0.25) is 4.31 Å². The summed E-state index contributed by atoms with van der Waals surface area (Å²) in [5.41, 5.74) is 1.87. The Hall–Kier alpha value is -1.04. The van der Waals surface area contributed by atoms with Gasteiger partial charge in [-0.15, -0.1) is 11.3 Å². The smallest absolute Gasteiger partial charge is 0.263 e. The Balaban J connectivity index is 2.13. The molecule has 106 valence electrons. The second-order valence-corrected chi connectivity index (χ2v) is 8.63. The quantitative estimate of drug-likeness (QED) is 0.838. The van der Waals surface area contributed by atoms with Gasteiger partial charge in [-0.2, -0.15) is 0 Å². The first-order valence-electron chi connectivity index (χ1n) is 6.38. The first-order chi connectivity index (χ1) is 9.50. The van der Waals surface area contributed by atoms with E-state index in [0.717, 1.165) is 35.4 Å². The van der Waals surface area contributed by atoms with Crippen molar-refractivity contribution in [2.75, 3.05) is 4.31 Å². The lowest BCUT2D eigenvalue weighted by Gasteiger charge is -2.35. The van der Waals surface area contributed by atoms with E-state index >= 15 is 0 Å². The maximum Gasteiger partial charge on any atom is 0.274 e. The molecular formula is C14H14ClNO2S2. The molecular weight excluding hydrogens is 314 g/mol. The van der Waals surface area contributed by atoms with E-state index in [1.54, 1.807) is 12.1 Å². The molecule has 6 heteroatoms. The number of hydrogen-bond donors (Lipinski definition) is 0. The molecule has 3 rings (SSSR count). The first-order valence-corrected chi connectivity index (χ1v) is 9.01. The van der Waals surface area contributed by atoms with Crippen LogP contribution in [0.1, 0.15) is 18.9 Å². The minimum atomic E-state index is -3.54. The van der Waals surface area contributed by atoms with Crippen LogP contribution in [0.15, 0.2) is 40.6 Å². The third-order valence-corrected chi connectivity index (χ3v) is 7.15. The fourth-order valence-corrected chi connectivity index (χ4v) is 5.85. The van der Waals surface area contributed by atoms with Crippen LogP contribution in [-0.4, -0.2) is 14.5 Å². The number of sulfonamides is 1. The highest BCUT2D eigenvalue weighted by Gasteiger charge is 2.34. The van der Waals surface area contributed by atoms with Gasteiger partial charge in [0.1, 0.15) is 4.21 Å². The van der Waals surface area contributed by atoms with Crippen molar-refractivity contribution in [3.8, 4) is 0 Å². The summed E-state index contributed by atoms with van der Waals surface area (Å²) in [7, 11) is -3.54. The van der Waals surface area contributed by atoms with Crippen molar-refractivity contribution in [1.82, 2.24) is 0 Å². The van der Waals surface area contributed by atoms with Gasteiger partial charge < -0.3 is 0 Å². The molecule has 0 fully saturated rings. The molecule has 1 atom stereocenters. The van der Waals surface area contributed by atoms with E-state index in [-0.39, 0.29) is 6.04 Å². The van der Waals surface area contributed by atoms with Crippen molar-refractivity contribution in [3.05, 3.63) is 46.3 Å². The molecule has 0 amide bonds. The minimum Gasteiger partial charge on any atom is -0.263 e. The van der Waals surface area contributed by atoms with E-state index in [4.69, 9.17) is 11.6 Å². The second-order valence-electron chi connectivity index (χ2n) is 4.88. The number of hydrogen-bond acceptors (Lipinski definition) is 3. The standard InChI is InChI=1S/C14H14ClNO2S2/c1-10-6-7-11-4-2-3-5-12(11)16(10)20(17,18)14-9-8-13(15)19-14/h2-5,8-10H,6-7H2,1H3/t10-/m0/s1. The largest absolute Gasteiger partial charge is 0.274 e. The van der Waals surface area contributed by atoms with Crippen molar-refractivity contribution >= 4 is 38.6 Å². The van der Waals surface area contributed by atoms with Gasteiger partial charge in [0.05, 0.1) is 10.0 Å². The predicted octanol–water partition coefficient (Wildman–Crippen LogP) is 3.93. The Kier molecular flexibility index (Phi) is 3.52. The van der Waals surface area contributed by atoms with Crippen LogP contribution >= 0.6 is 22.9 Å². The van der Waals surface area contributed by atoms with E-state index in [1.165, 1.54) is 4.31 Å². The summed E-state index contributed by atoms with van der Waals surface area (Å²) in [5, 5.41) is 0. The highest BCUT2D eigenvalue weighted by molar-refractivity contribution is 7.94. The molecule has 0 saturated heterocycles. The van der Waals surface area contributed by atoms with Crippen LogP contribution in [0.3, 0.4) is 0 Å². The van der Waals surface area contributed by atoms with Crippen LogP contribution in [0.25, 0.3) is 0 Å². The summed E-state index contributed by atoms with van der Waals surface area (Å²) < 4.78 is 28.0. The summed E-state index contributed by atoms with van der Waals surface area (Å²) in [6, 6.07) is 10.8.